The first-order chi connectivity index (χ1) is 13.8. The lowest BCUT2D eigenvalue weighted by Gasteiger charge is -2.26. The van der Waals surface area contributed by atoms with E-state index in [2.05, 4.69) is 50.5 Å². The molecule has 4 rings (SSSR count). The van der Waals surface area contributed by atoms with E-state index in [0.29, 0.717) is 6.04 Å². The summed E-state index contributed by atoms with van der Waals surface area (Å²) in [6.45, 7) is 0. The van der Waals surface area contributed by atoms with Gasteiger partial charge in [-0.25, -0.2) is 0 Å². The van der Waals surface area contributed by atoms with Crippen molar-refractivity contribution >= 4 is 23.1 Å². The van der Waals surface area contributed by atoms with E-state index in [9.17, 15) is 5.26 Å². The minimum absolute atomic E-state index is 0.163. The van der Waals surface area contributed by atoms with Crippen LogP contribution in [0.4, 0.5) is 0 Å². The van der Waals surface area contributed by atoms with Gasteiger partial charge in [0.05, 0.1) is 6.07 Å². The van der Waals surface area contributed by atoms with Crippen LogP contribution in [-0.2, 0) is 12.8 Å². The van der Waals surface area contributed by atoms with Crippen molar-refractivity contribution < 1.29 is 0 Å². The van der Waals surface area contributed by atoms with Crippen molar-refractivity contribution in [3.05, 3.63) is 64.1 Å². The molecule has 1 atom stereocenters. The molecule has 0 saturated heterocycles. The fraction of sp³-hybridized carbons (Fsp3) is 0.409. The van der Waals surface area contributed by atoms with Gasteiger partial charge in [0, 0.05) is 17.3 Å². The van der Waals surface area contributed by atoms with Crippen LogP contribution < -0.4 is 0 Å². The third-order valence-electron chi connectivity index (χ3n) is 5.24. The molecule has 28 heavy (non-hydrogen) atoms. The van der Waals surface area contributed by atoms with Gasteiger partial charge in [0.1, 0.15) is 11.1 Å². The zero-order chi connectivity index (χ0) is 19.2. The summed E-state index contributed by atoms with van der Waals surface area (Å²) < 4.78 is 2.35. The summed E-state index contributed by atoms with van der Waals surface area (Å²) in [6.07, 6.45) is 7.74. The van der Waals surface area contributed by atoms with E-state index < -0.39 is 0 Å². The number of thioether (sulfide) groups is 1. The normalized spacial score (nSPS) is 16.0. The average Bonchev–Trinajstić information content (AvgIpc) is 3.39. The van der Waals surface area contributed by atoms with Crippen molar-refractivity contribution in [2.75, 3.05) is 0 Å². The summed E-state index contributed by atoms with van der Waals surface area (Å²) in [4.78, 5) is 1.31. The van der Waals surface area contributed by atoms with Crippen LogP contribution in [0.1, 0.15) is 54.4 Å². The lowest BCUT2D eigenvalue weighted by Crippen LogP contribution is -2.17. The van der Waals surface area contributed by atoms with Crippen molar-refractivity contribution in [1.29, 1.82) is 5.26 Å². The van der Waals surface area contributed by atoms with Crippen LogP contribution in [0.2, 0.25) is 0 Å². The van der Waals surface area contributed by atoms with Crippen molar-refractivity contribution in [3.8, 4) is 6.07 Å². The van der Waals surface area contributed by atoms with Crippen LogP contribution >= 0.6 is 23.1 Å². The van der Waals surface area contributed by atoms with Gasteiger partial charge < -0.3 is 4.57 Å². The second-order valence-corrected chi connectivity index (χ2v) is 9.44. The molecule has 0 N–H and O–H groups in total. The highest BCUT2D eigenvalue weighted by Gasteiger charge is 2.25. The molecule has 1 unspecified atom stereocenters. The Labute approximate surface area is 174 Å². The Morgan fingerprint density at radius 2 is 1.93 bits per heavy atom. The fourth-order valence-electron chi connectivity index (χ4n) is 3.85. The van der Waals surface area contributed by atoms with Gasteiger partial charge in [-0.1, -0.05) is 67.4 Å². The van der Waals surface area contributed by atoms with Crippen LogP contribution in [0, 0.1) is 11.3 Å². The molecule has 0 radical (unpaired) electrons. The van der Waals surface area contributed by atoms with Crippen LogP contribution in [0.3, 0.4) is 0 Å². The summed E-state index contributed by atoms with van der Waals surface area (Å²) in [5.41, 5.74) is 1.18. The quantitative estimate of drug-likeness (QED) is 0.473. The molecule has 2 aromatic heterocycles. The van der Waals surface area contributed by atoms with Gasteiger partial charge in [0.2, 0.25) is 0 Å². The summed E-state index contributed by atoms with van der Waals surface area (Å²) in [5.74, 6) is 1.04. The topological polar surface area (TPSA) is 54.5 Å². The molecule has 144 valence electrons. The van der Waals surface area contributed by atoms with Gasteiger partial charge in [-0.15, -0.1) is 21.5 Å². The molecule has 4 nitrogen and oxygen atoms in total. The zero-order valence-electron chi connectivity index (χ0n) is 15.8. The molecule has 0 amide bonds. The van der Waals surface area contributed by atoms with Crippen LogP contribution in [-0.4, -0.2) is 20.0 Å². The minimum atomic E-state index is -0.163. The number of thiophene rings is 1. The van der Waals surface area contributed by atoms with E-state index in [-0.39, 0.29) is 5.25 Å². The number of benzene rings is 1. The first kappa shape index (κ1) is 19.2. The zero-order valence-corrected chi connectivity index (χ0v) is 17.5. The van der Waals surface area contributed by atoms with E-state index in [1.54, 1.807) is 23.1 Å². The van der Waals surface area contributed by atoms with Gasteiger partial charge >= 0.3 is 0 Å². The highest BCUT2D eigenvalue weighted by molar-refractivity contribution is 8.00. The highest BCUT2D eigenvalue weighted by atomic mass is 32.2. The van der Waals surface area contributed by atoms with Crippen LogP contribution in [0.25, 0.3) is 0 Å². The third-order valence-corrected chi connectivity index (χ3v) is 7.17. The molecule has 0 spiro atoms. The summed E-state index contributed by atoms with van der Waals surface area (Å²) >= 11 is 3.33. The summed E-state index contributed by atoms with van der Waals surface area (Å²) in [5, 5.41) is 21.7. The molecule has 6 heteroatoms. The summed E-state index contributed by atoms with van der Waals surface area (Å²) in [6, 6.07) is 17.4. The van der Waals surface area contributed by atoms with Crippen molar-refractivity contribution in [2.45, 2.75) is 61.4 Å². The first-order valence-corrected chi connectivity index (χ1v) is 11.7. The maximum absolute atomic E-state index is 9.74. The Morgan fingerprint density at radius 3 is 2.64 bits per heavy atom. The molecular formula is C22H24N4S2. The van der Waals surface area contributed by atoms with E-state index in [1.165, 1.54) is 42.5 Å². The van der Waals surface area contributed by atoms with Gasteiger partial charge in [0.25, 0.3) is 0 Å². The lowest BCUT2D eigenvalue weighted by molar-refractivity contribution is 0.330. The van der Waals surface area contributed by atoms with Crippen molar-refractivity contribution in [1.82, 2.24) is 14.8 Å². The third kappa shape index (κ3) is 4.65. The maximum Gasteiger partial charge on any atom is 0.192 e. The van der Waals surface area contributed by atoms with E-state index >= 15 is 0 Å². The Bertz CT molecular complexity index is 906. The lowest BCUT2D eigenvalue weighted by atomic mass is 9.95. The molecule has 0 aliphatic heterocycles. The molecule has 0 bridgehead atoms. The van der Waals surface area contributed by atoms with Crippen molar-refractivity contribution in [3.63, 3.8) is 0 Å². The first-order valence-electron chi connectivity index (χ1n) is 9.90. The number of aromatic nitrogens is 3. The largest absolute Gasteiger partial charge is 0.303 e. The number of nitrogens with zero attached hydrogens (tertiary/aromatic N) is 4. The Balaban J connectivity index is 1.58. The van der Waals surface area contributed by atoms with E-state index in [1.807, 2.05) is 18.2 Å². The summed E-state index contributed by atoms with van der Waals surface area (Å²) in [7, 11) is 0. The molecule has 1 fully saturated rings. The molecule has 1 aliphatic rings. The molecular weight excluding hydrogens is 384 g/mol. The predicted octanol–water partition coefficient (Wildman–Crippen LogP) is 5.66. The average molecular weight is 409 g/mol. The SMILES string of the molecule is N#CC(Cc1ccccc1)Sc1nnc(Cc2cccs2)n1C1CCCCC1. The Hall–Kier alpha value is -2.10. The number of rotatable bonds is 7. The van der Waals surface area contributed by atoms with Gasteiger partial charge in [-0.05, 0) is 36.3 Å². The monoisotopic (exact) mass is 408 g/mol. The minimum Gasteiger partial charge on any atom is -0.303 e. The highest BCUT2D eigenvalue weighted by Crippen LogP contribution is 2.35. The van der Waals surface area contributed by atoms with E-state index in [4.69, 9.17) is 0 Å². The van der Waals surface area contributed by atoms with E-state index in [0.717, 1.165) is 23.8 Å². The number of hydrogen-bond donors (Lipinski definition) is 0. The predicted molar refractivity (Wildman–Crippen MR) is 115 cm³/mol. The van der Waals surface area contributed by atoms with Crippen LogP contribution in [0.15, 0.2) is 53.0 Å². The smallest absolute Gasteiger partial charge is 0.192 e. The Morgan fingerprint density at radius 1 is 1.11 bits per heavy atom. The maximum atomic E-state index is 9.74. The van der Waals surface area contributed by atoms with Crippen molar-refractivity contribution in [2.24, 2.45) is 0 Å². The van der Waals surface area contributed by atoms with Gasteiger partial charge in [-0.3, -0.25) is 0 Å². The molecule has 1 aromatic carbocycles. The van der Waals surface area contributed by atoms with Gasteiger partial charge in [-0.2, -0.15) is 5.26 Å². The van der Waals surface area contributed by atoms with Crippen LogP contribution in [0.5, 0.6) is 0 Å². The fourth-order valence-corrected chi connectivity index (χ4v) is 5.59. The molecule has 3 aromatic rings. The van der Waals surface area contributed by atoms with Gasteiger partial charge in [0.15, 0.2) is 5.16 Å². The molecule has 2 heterocycles. The molecule has 1 aliphatic carbocycles. The molecule has 1 saturated carbocycles. The number of hydrogen-bond acceptors (Lipinski definition) is 5. The Kier molecular flexibility index (Phi) is 6.45. The standard InChI is InChI=1S/C22H24N4S2/c23-16-20(14-17-8-3-1-4-9-17)28-22-25-24-21(15-19-12-7-13-27-19)26(22)18-10-5-2-6-11-18/h1,3-4,7-9,12-13,18,20H,2,5-6,10-11,14-15H2. The second-order valence-electron chi connectivity index (χ2n) is 7.24. The second kappa shape index (κ2) is 9.40. The number of nitriles is 1.